The van der Waals surface area contributed by atoms with Crippen LogP contribution < -0.4 is 0 Å². The number of carbonyl (C=O) groups excluding carboxylic acids is 1. The molecule has 0 bridgehead atoms. The van der Waals surface area contributed by atoms with Crippen LogP contribution in [-0.2, 0) is 0 Å². The number of aliphatic hydroxyl groups excluding tert-OH is 1. The monoisotopic (exact) mass is 251 g/mol. The second-order valence-corrected chi connectivity index (χ2v) is 4.90. The van der Waals surface area contributed by atoms with Gasteiger partial charge in [-0.15, -0.1) is 0 Å². The molecule has 0 unspecified atom stereocenters. The lowest BCUT2D eigenvalue weighted by Gasteiger charge is -2.37. The van der Waals surface area contributed by atoms with Gasteiger partial charge in [-0.3, -0.25) is 4.79 Å². The lowest BCUT2D eigenvalue weighted by Crippen LogP contribution is -2.45. The molecule has 98 valence electrons. The Balaban J connectivity index is 2.13. The number of nitrogens with zero attached hydrogens (tertiary/aromatic N) is 1. The molecular formula is C14H18FNO2. The summed E-state index contributed by atoms with van der Waals surface area (Å²) in [7, 11) is 0. The quantitative estimate of drug-likeness (QED) is 0.874. The number of hydrogen-bond acceptors (Lipinski definition) is 2. The van der Waals surface area contributed by atoms with Crippen LogP contribution in [0.4, 0.5) is 4.39 Å². The van der Waals surface area contributed by atoms with Crippen LogP contribution in [0.5, 0.6) is 0 Å². The van der Waals surface area contributed by atoms with E-state index in [-0.39, 0.29) is 30.0 Å². The first-order valence-electron chi connectivity index (χ1n) is 6.30. The zero-order valence-electron chi connectivity index (χ0n) is 10.5. The second-order valence-electron chi connectivity index (χ2n) is 4.90. The van der Waals surface area contributed by atoms with Crippen molar-refractivity contribution >= 4 is 5.91 Å². The van der Waals surface area contributed by atoms with Gasteiger partial charge in [0.1, 0.15) is 5.82 Å². The molecule has 1 aromatic rings. The summed E-state index contributed by atoms with van der Waals surface area (Å²) in [5.74, 6) is -0.472. The van der Waals surface area contributed by atoms with Crippen molar-refractivity contribution in [1.29, 1.82) is 0 Å². The predicted molar refractivity (Wildman–Crippen MR) is 66.7 cm³/mol. The highest BCUT2D eigenvalue weighted by Gasteiger charge is 2.29. The van der Waals surface area contributed by atoms with Gasteiger partial charge in [0.25, 0.3) is 5.91 Å². The van der Waals surface area contributed by atoms with Crippen LogP contribution in [0.25, 0.3) is 0 Å². The molecule has 0 aliphatic carbocycles. The standard InChI is InChI=1S/C14H18FNO2/c1-10-8-11(9-17)6-7-16(10)14(18)12-4-2-3-5-13(12)15/h2-5,10-11,17H,6-9H2,1H3/t10-,11-/m1/s1. The van der Waals surface area contributed by atoms with Gasteiger partial charge in [0, 0.05) is 19.2 Å². The van der Waals surface area contributed by atoms with Crippen molar-refractivity contribution in [2.45, 2.75) is 25.8 Å². The van der Waals surface area contributed by atoms with E-state index in [0.29, 0.717) is 6.54 Å². The van der Waals surface area contributed by atoms with Crippen molar-refractivity contribution in [3.8, 4) is 0 Å². The Hall–Kier alpha value is -1.42. The lowest BCUT2D eigenvalue weighted by atomic mass is 9.92. The van der Waals surface area contributed by atoms with Crippen LogP contribution in [0.1, 0.15) is 30.1 Å². The van der Waals surface area contributed by atoms with Gasteiger partial charge in [-0.1, -0.05) is 12.1 Å². The summed E-state index contributed by atoms with van der Waals surface area (Å²) < 4.78 is 13.6. The minimum Gasteiger partial charge on any atom is -0.396 e. The first-order valence-corrected chi connectivity index (χ1v) is 6.30. The van der Waals surface area contributed by atoms with Crippen molar-refractivity contribution in [3.05, 3.63) is 35.6 Å². The summed E-state index contributed by atoms with van der Waals surface area (Å²) in [6.07, 6.45) is 1.55. The van der Waals surface area contributed by atoms with Crippen LogP contribution >= 0.6 is 0 Å². The van der Waals surface area contributed by atoms with Gasteiger partial charge in [0.05, 0.1) is 5.56 Å². The van der Waals surface area contributed by atoms with Crippen molar-refractivity contribution in [3.63, 3.8) is 0 Å². The molecule has 1 fully saturated rings. The third kappa shape index (κ3) is 2.53. The topological polar surface area (TPSA) is 40.5 Å². The van der Waals surface area contributed by atoms with Crippen LogP contribution in [0.2, 0.25) is 0 Å². The number of aliphatic hydroxyl groups is 1. The third-order valence-corrected chi connectivity index (χ3v) is 3.61. The number of benzene rings is 1. The van der Waals surface area contributed by atoms with E-state index >= 15 is 0 Å². The molecule has 0 aromatic heterocycles. The number of likely N-dealkylation sites (tertiary alicyclic amines) is 1. The van der Waals surface area contributed by atoms with E-state index in [9.17, 15) is 9.18 Å². The minimum atomic E-state index is -0.473. The van der Waals surface area contributed by atoms with Crippen LogP contribution in [0, 0.1) is 11.7 Å². The number of halogens is 1. The van der Waals surface area contributed by atoms with E-state index < -0.39 is 5.82 Å². The normalized spacial score (nSPS) is 24.1. The maximum absolute atomic E-state index is 13.6. The number of amides is 1. The Labute approximate surface area is 106 Å². The Morgan fingerprint density at radius 2 is 2.22 bits per heavy atom. The summed E-state index contributed by atoms with van der Waals surface area (Å²) in [5.41, 5.74) is 0.131. The van der Waals surface area contributed by atoms with E-state index in [2.05, 4.69) is 0 Å². The zero-order valence-corrected chi connectivity index (χ0v) is 10.5. The second kappa shape index (κ2) is 5.48. The Morgan fingerprint density at radius 1 is 1.50 bits per heavy atom. The largest absolute Gasteiger partial charge is 0.396 e. The first kappa shape index (κ1) is 13.0. The number of carbonyl (C=O) groups is 1. The predicted octanol–water partition coefficient (Wildman–Crippen LogP) is 2.06. The minimum absolute atomic E-state index is 0.0445. The smallest absolute Gasteiger partial charge is 0.257 e. The average molecular weight is 251 g/mol. The first-order chi connectivity index (χ1) is 8.63. The molecule has 1 aromatic carbocycles. The highest BCUT2D eigenvalue weighted by Crippen LogP contribution is 2.24. The molecule has 0 saturated carbocycles. The molecular weight excluding hydrogens is 233 g/mol. The number of hydrogen-bond donors (Lipinski definition) is 1. The molecule has 2 atom stereocenters. The fraction of sp³-hybridized carbons (Fsp3) is 0.500. The lowest BCUT2D eigenvalue weighted by molar-refractivity contribution is 0.0511. The number of piperidine rings is 1. The highest BCUT2D eigenvalue weighted by atomic mass is 19.1. The SMILES string of the molecule is C[C@@H]1C[C@H](CO)CCN1C(=O)c1ccccc1F. The van der Waals surface area contributed by atoms with E-state index in [1.807, 2.05) is 6.92 Å². The summed E-state index contributed by atoms with van der Waals surface area (Å²) in [4.78, 5) is 13.9. The van der Waals surface area contributed by atoms with E-state index in [0.717, 1.165) is 12.8 Å². The molecule has 1 N–H and O–H groups in total. The summed E-state index contributed by atoms with van der Waals surface area (Å²) in [5, 5.41) is 9.13. The van der Waals surface area contributed by atoms with Crippen molar-refractivity contribution in [1.82, 2.24) is 4.90 Å². The van der Waals surface area contributed by atoms with Crippen molar-refractivity contribution in [2.24, 2.45) is 5.92 Å². The Bertz CT molecular complexity index is 436. The van der Waals surface area contributed by atoms with Gasteiger partial charge in [0.2, 0.25) is 0 Å². The molecule has 1 saturated heterocycles. The fourth-order valence-corrected chi connectivity index (χ4v) is 2.53. The summed E-state index contributed by atoms with van der Waals surface area (Å²) in [6.45, 7) is 2.69. The third-order valence-electron chi connectivity index (χ3n) is 3.61. The fourth-order valence-electron chi connectivity index (χ4n) is 2.53. The molecule has 2 rings (SSSR count). The van der Waals surface area contributed by atoms with Crippen LogP contribution in [0.15, 0.2) is 24.3 Å². The van der Waals surface area contributed by atoms with Crippen molar-refractivity contribution in [2.75, 3.05) is 13.2 Å². The van der Waals surface area contributed by atoms with E-state index in [1.54, 1.807) is 17.0 Å². The van der Waals surface area contributed by atoms with Gasteiger partial charge in [-0.2, -0.15) is 0 Å². The molecule has 3 nitrogen and oxygen atoms in total. The van der Waals surface area contributed by atoms with E-state index in [1.165, 1.54) is 12.1 Å². The Kier molecular flexibility index (Phi) is 3.97. The highest BCUT2D eigenvalue weighted by molar-refractivity contribution is 5.94. The molecule has 1 heterocycles. The molecule has 18 heavy (non-hydrogen) atoms. The van der Waals surface area contributed by atoms with Gasteiger partial charge in [0.15, 0.2) is 0 Å². The average Bonchev–Trinajstić information content (AvgIpc) is 2.38. The van der Waals surface area contributed by atoms with Gasteiger partial charge in [-0.25, -0.2) is 4.39 Å². The van der Waals surface area contributed by atoms with Crippen LogP contribution in [-0.4, -0.2) is 35.1 Å². The van der Waals surface area contributed by atoms with E-state index in [4.69, 9.17) is 5.11 Å². The summed E-state index contributed by atoms with van der Waals surface area (Å²) in [6, 6.07) is 6.11. The maximum Gasteiger partial charge on any atom is 0.257 e. The summed E-state index contributed by atoms with van der Waals surface area (Å²) >= 11 is 0. The molecule has 1 amide bonds. The maximum atomic E-state index is 13.6. The molecule has 4 heteroatoms. The van der Waals surface area contributed by atoms with Gasteiger partial charge < -0.3 is 10.0 Å². The van der Waals surface area contributed by atoms with Gasteiger partial charge in [-0.05, 0) is 37.8 Å². The number of rotatable bonds is 2. The van der Waals surface area contributed by atoms with Crippen LogP contribution in [0.3, 0.4) is 0 Å². The molecule has 0 spiro atoms. The Morgan fingerprint density at radius 3 is 2.83 bits per heavy atom. The molecule has 1 aliphatic heterocycles. The van der Waals surface area contributed by atoms with Gasteiger partial charge >= 0.3 is 0 Å². The van der Waals surface area contributed by atoms with Crippen molar-refractivity contribution < 1.29 is 14.3 Å². The zero-order chi connectivity index (χ0) is 13.1. The molecule has 0 radical (unpaired) electrons. The molecule has 1 aliphatic rings.